The number of ether oxygens (including phenoxy) is 1. The smallest absolute Gasteiger partial charge is 0.255 e. The van der Waals surface area contributed by atoms with Crippen LogP contribution in [-0.2, 0) is 11.2 Å². The van der Waals surface area contributed by atoms with E-state index in [1.807, 2.05) is 24.3 Å². The first kappa shape index (κ1) is 16.5. The second-order valence-corrected chi connectivity index (χ2v) is 6.11. The van der Waals surface area contributed by atoms with Crippen molar-refractivity contribution in [3.05, 3.63) is 59.9 Å². The largest absolute Gasteiger partial charge is 0.464 e. The summed E-state index contributed by atoms with van der Waals surface area (Å²) in [5.41, 5.74) is 1.44. The summed E-state index contributed by atoms with van der Waals surface area (Å²) in [6.07, 6.45) is 3.94. The summed E-state index contributed by atoms with van der Waals surface area (Å²) in [7, 11) is 0. The van der Waals surface area contributed by atoms with E-state index < -0.39 is 0 Å². The molecule has 3 aromatic rings. The maximum absolute atomic E-state index is 12.3. The Bertz CT molecular complexity index is 867. The van der Waals surface area contributed by atoms with Crippen LogP contribution in [0.5, 0.6) is 0 Å². The van der Waals surface area contributed by atoms with Gasteiger partial charge in [-0.05, 0) is 37.1 Å². The number of nitrogens with one attached hydrogen (secondary N) is 1. The number of carbonyl (C=O) groups is 1. The van der Waals surface area contributed by atoms with Gasteiger partial charge >= 0.3 is 0 Å². The molecule has 1 N–H and O–H groups in total. The van der Waals surface area contributed by atoms with E-state index in [-0.39, 0.29) is 12.0 Å². The molecule has 1 aliphatic heterocycles. The van der Waals surface area contributed by atoms with E-state index in [2.05, 4.69) is 15.5 Å². The van der Waals surface area contributed by atoms with Crippen molar-refractivity contribution in [2.24, 2.45) is 0 Å². The first-order valence-electron chi connectivity index (χ1n) is 8.66. The van der Waals surface area contributed by atoms with E-state index in [0.29, 0.717) is 30.2 Å². The van der Waals surface area contributed by atoms with Crippen molar-refractivity contribution in [3.63, 3.8) is 0 Å². The normalized spacial score (nSPS) is 16.7. The molecule has 2 aromatic heterocycles. The zero-order chi connectivity index (χ0) is 17.8. The van der Waals surface area contributed by atoms with Crippen LogP contribution < -0.4 is 5.32 Å². The lowest BCUT2D eigenvalue weighted by Gasteiger charge is -2.05. The minimum Gasteiger partial charge on any atom is -0.464 e. The van der Waals surface area contributed by atoms with Crippen molar-refractivity contribution in [2.45, 2.75) is 25.4 Å². The number of aromatic nitrogens is 2. The highest BCUT2D eigenvalue weighted by Gasteiger charge is 2.23. The fourth-order valence-electron chi connectivity index (χ4n) is 2.92. The van der Waals surface area contributed by atoms with Gasteiger partial charge in [0.15, 0.2) is 5.82 Å². The number of nitrogens with zero attached hydrogens (tertiary/aromatic N) is 2. The SMILES string of the molecule is O=C(NCCc1noc([C@@H]2CCCO2)n1)c1cccc(-c2ccco2)c1. The first-order valence-corrected chi connectivity index (χ1v) is 8.66. The van der Waals surface area contributed by atoms with Gasteiger partial charge in [0.2, 0.25) is 0 Å². The molecule has 0 aliphatic carbocycles. The van der Waals surface area contributed by atoms with Crippen molar-refractivity contribution in [1.82, 2.24) is 15.5 Å². The topological polar surface area (TPSA) is 90.4 Å². The zero-order valence-electron chi connectivity index (χ0n) is 14.2. The molecule has 0 radical (unpaired) electrons. The number of benzene rings is 1. The van der Waals surface area contributed by atoms with Crippen LogP contribution in [0, 0.1) is 0 Å². The molecule has 1 saturated heterocycles. The summed E-state index contributed by atoms with van der Waals surface area (Å²) in [5, 5.41) is 6.82. The van der Waals surface area contributed by atoms with Crippen molar-refractivity contribution in [1.29, 1.82) is 0 Å². The van der Waals surface area contributed by atoms with Crippen LogP contribution in [0.3, 0.4) is 0 Å². The number of carbonyl (C=O) groups excluding carboxylic acids is 1. The van der Waals surface area contributed by atoms with Gasteiger partial charge in [0.25, 0.3) is 11.8 Å². The van der Waals surface area contributed by atoms with Gasteiger partial charge in [-0.3, -0.25) is 4.79 Å². The lowest BCUT2D eigenvalue weighted by Crippen LogP contribution is -2.25. The summed E-state index contributed by atoms with van der Waals surface area (Å²) >= 11 is 0. The number of hydrogen-bond donors (Lipinski definition) is 1. The molecule has 0 saturated carbocycles. The highest BCUT2D eigenvalue weighted by molar-refractivity contribution is 5.95. The molecule has 1 aromatic carbocycles. The third-order valence-corrected chi connectivity index (χ3v) is 4.25. The van der Waals surface area contributed by atoms with Crippen molar-refractivity contribution in [3.8, 4) is 11.3 Å². The fourth-order valence-corrected chi connectivity index (χ4v) is 2.92. The van der Waals surface area contributed by atoms with Gasteiger partial charge in [0.05, 0.1) is 6.26 Å². The Morgan fingerprint density at radius 3 is 3.04 bits per heavy atom. The van der Waals surface area contributed by atoms with Crippen LogP contribution in [0.4, 0.5) is 0 Å². The molecule has 1 fully saturated rings. The average molecular weight is 353 g/mol. The molecule has 26 heavy (non-hydrogen) atoms. The van der Waals surface area contributed by atoms with E-state index >= 15 is 0 Å². The molecule has 0 bridgehead atoms. The molecule has 0 unspecified atom stereocenters. The third-order valence-electron chi connectivity index (χ3n) is 4.25. The lowest BCUT2D eigenvalue weighted by molar-refractivity contribution is 0.0835. The second kappa shape index (κ2) is 7.53. The van der Waals surface area contributed by atoms with Crippen LogP contribution >= 0.6 is 0 Å². The van der Waals surface area contributed by atoms with E-state index in [1.165, 1.54) is 0 Å². The molecule has 7 heteroatoms. The van der Waals surface area contributed by atoms with Gasteiger partial charge in [0.1, 0.15) is 11.9 Å². The summed E-state index contributed by atoms with van der Waals surface area (Å²) < 4.78 is 16.1. The van der Waals surface area contributed by atoms with Gasteiger partial charge in [-0.2, -0.15) is 4.98 Å². The standard InChI is InChI=1S/C19H19N3O4/c23-18(14-5-1-4-13(12-14)15-6-2-10-24-15)20-9-8-17-21-19(26-22-17)16-7-3-11-25-16/h1-2,4-6,10,12,16H,3,7-9,11H2,(H,20,23)/t16-/m0/s1. The van der Waals surface area contributed by atoms with Crippen molar-refractivity contribution < 1.29 is 18.5 Å². The Balaban J connectivity index is 1.32. The van der Waals surface area contributed by atoms with E-state index in [4.69, 9.17) is 13.7 Å². The van der Waals surface area contributed by atoms with Crippen molar-refractivity contribution in [2.75, 3.05) is 13.2 Å². The maximum Gasteiger partial charge on any atom is 0.255 e. The number of rotatable bonds is 6. The summed E-state index contributed by atoms with van der Waals surface area (Å²) in [6.45, 7) is 1.16. The predicted octanol–water partition coefficient (Wildman–Crippen LogP) is 3.15. The van der Waals surface area contributed by atoms with Crippen LogP contribution in [0.25, 0.3) is 11.3 Å². The van der Waals surface area contributed by atoms with Crippen LogP contribution in [-0.4, -0.2) is 29.2 Å². The Labute approximate surface area is 150 Å². The molecule has 1 amide bonds. The third kappa shape index (κ3) is 3.67. The Kier molecular flexibility index (Phi) is 4.79. The van der Waals surface area contributed by atoms with E-state index in [9.17, 15) is 4.79 Å². The molecule has 7 nitrogen and oxygen atoms in total. The maximum atomic E-state index is 12.3. The summed E-state index contributed by atoms with van der Waals surface area (Å²) in [4.78, 5) is 16.7. The number of amides is 1. The molecule has 1 aliphatic rings. The van der Waals surface area contributed by atoms with Gasteiger partial charge in [0, 0.05) is 30.7 Å². The molecule has 3 heterocycles. The predicted molar refractivity (Wildman–Crippen MR) is 92.4 cm³/mol. The molecular weight excluding hydrogens is 334 g/mol. The summed E-state index contributed by atoms with van der Waals surface area (Å²) in [6, 6.07) is 11.0. The van der Waals surface area contributed by atoms with Gasteiger partial charge in [-0.1, -0.05) is 17.3 Å². The Morgan fingerprint density at radius 2 is 2.23 bits per heavy atom. The average Bonchev–Trinajstić information content (AvgIpc) is 3.43. The monoisotopic (exact) mass is 353 g/mol. The van der Waals surface area contributed by atoms with Crippen LogP contribution in [0.2, 0.25) is 0 Å². The Hall–Kier alpha value is -2.93. The molecule has 134 valence electrons. The Morgan fingerprint density at radius 1 is 1.27 bits per heavy atom. The first-order chi connectivity index (χ1) is 12.8. The second-order valence-electron chi connectivity index (χ2n) is 6.11. The quantitative estimate of drug-likeness (QED) is 0.732. The molecule has 4 rings (SSSR count). The summed E-state index contributed by atoms with van der Waals surface area (Å²) in [5.74, 6) is 1.67. The van der Waals surface area contributed by atoms with Gasteiger partial charge < -0.3 is 19.0 Å². The van der Waals surface area contributed by atoms with E-state index in [0.717, 1.165) is 30.8 Å². The minimum atomic E-state index is -0.152. The number of furan rings is 1. The van der Waals surface area contributed by atoms with Crippen molar-refractivity contribution >= 4 is 5.91 Å². The molecule has 0 spiro atoms. The fraction of sp³-hybridized carbons (Fsp3) is 0.316. The highest BCUT2D eigenvalue weighted by Crippen LogP contribution is 2.26. The lowest BCUT2D eigenvalue weighted by atomic mass is 10.1. The van der Waals surface area contributed by atoms with Crippen LogP contribution in [0.15, 0.2) is 51.6 Å². The minimum absolute atomic E-state index is 0.0878. The zero-order valence-corrected chi connectivity index (χ0v) is 14.2. The highest BCUT2D eigenvalue weighted by atomic mass is 16.5. The van der Waals surface area contributed by atoms with Gasteiger partial charge in [-0.25, -0.2) is 0 Å². The molecule has 1 atom stereocenters. The van der Waals surface area contributed by atoms with Gasteiger partial charge in [-0.15, -0.1) is 0 Å². The van der Waals surface area contributed by atoms with Crippen LogP contribution in [0.1, 0.15) is 41.0 Å². The van der Waals surface area contributed by atoms with E-state index in [1.54, 1.807) is 18.4 Å². The number of hydrogen-bond acceptors (Lipinski definition) is 6. The molecular formula is C19H19N3O4.